The van der Waals surface area contributed by atoms with E-state index in [0.29, 0.717) is 5.92 Å². The largest absolute Gasteiger partial charge is 0.373 e. The van der Waals surface area contributed by atoms with E-state index in [2.05, 4.69) is 31.9 Å². The van der Waals surface area contributed by atoms with E-state index in [9.17, 15) is 0 Å². The number of nitriles is 1. The van der Waals surface area contributed by atoms with Gasteiger partial charge in [0.15, 0.2) is 0 Å². The van der Waals surface area contributed by atoms with Gasteiger partial charge in [-0.1, -0.05) is 20.3 Å². The zero-order valence-corrected chi connectivity index (χ0v) is 9.82. The van der Waals surface area contributed by atoms with Crippen LogP contribution in [-0.4, -0.2) is 31.2 Å². The lowest BCUT2D eigenvalue weighted by Crippen LogP contribution is -2.29. The Kier molecular flexibility index (Phi) is 13.9. The third kappa shape index (κ3) is 12.8. The maximum Gasteiger partial charge on any atom is 0.373 e. The highest BCUT2D eigenvalue weighted by Crippen LogP contribution is 2.13. The van der Waals surface area contributed by atoms with Crippen molar-refractivity contribution in [1.82, 2.24) is 4.90 Å². The quantitative estimate of drug-likeness (QED) is 0.613. The smallest absolute Gasteiger partial charge is 0.306 e. The van der Waals surface area contributed by atoms with Crippen LogP contribution in [0.25, 0.3) is 0 Å². The fourth-order valence-electron chi connectivity index (χ4n) is 1.14. The van der Waals surface area contributed by atoms with E-state index in [4.69, 9.17) is 14.9 Å². The van der Waals surface area contributed by atoms with Crippen molar-refractivity contribution in [2.24, 2.45) is 5.92 Å². The summed E-state index contributed by atoms with van der Waals surface area (Å²) in [5.74, 6) is 0.334. The number of rotatable bonds is 0. The molecule has 1 rings (SSSR count). The van der Waals surface area contributed by atoms with Gasteiger partial charge in [-0.2, -0.15) is 14.9 Å². The molecule has 0 saturated carbocycles. The van der Waals surface area contributed by atoms with E-state index in [1.165, 1.54) is 6.42 Å². The second-order valence-electron chi connectivity index (χ2n) is 3.50. The Morgan fingerprint density at radius 1 is 1.27 bits per heavy atom. The number of piperidine rings is 1. The maximum atomic E-state index is 8.51. The Bertz CT molecular complexity index is 197. The molecule has 1 saturated heterocycles. The van der Waals surface area contributed by atoms with E-state index in [1.807, 2.05) is 0 Å². The van der Waals surface area contributed by atoms with Crippen molar-refractivity contribution >= 4 is 6.15 Å². The van der Waals surface area contributed by atoms with Gasteiger partial charge >= 0.3 is 6.15 Å². The second-order valence-corrected chi connectivity index (χ2v) is 3.50. The molecule has 1 heterocycles. The Morgan fingerprint density at radius 2 is 1.60 bits per heavy atom. The highest BCUT2D eigenvalue weighted by molar-refractivity contribution is 5.20. The summed E-state index contributed by atoms with van der Waals surface area (Å²) in [6.45, 7) is 6.44. The minimum atomic E-state index is 0.250. The Labute approximate surface area is 91.9 Å². The molecule has 1 aliphatic rings. The molecule has 0 radical (unpaired) electrons. The molecule has 4 heteroatoms. The lowest BCUT2D eigenvalue weighted by molar-refractivity contribution is -0.191. The van der Waals surface area contributed by atoms with Crippen molar-refractivity contribution < 1.29 is 9.59 Å². The first-order valence-electron chi connectivity index (χ1n) is 5.23. The molecule has 0 aromatic heterocycles. The average Bonchev–Trinajstić information content (AvgIpc) is 2.21. The topological polar surface area (TPSA) is 61.2 Å². The van der Waals surface area contributed by atoms with Gasteiger partial charge in [0.2, 0.25) is 0 Å². The lowest BCUT2D eigenvalue weighted by atomic mass is 9.99. The van der Waals surface area contributed by atoms with Gasteiger partial charge in [0.05, 0.1) is 6.07 Å². The molecular formula is C11H20N2O2. The predicted molar refractivity (Wildman–Crippen MR) is 56.8 cm³/mol. The number of nitrogens with zero attached hydrogens (tertiary/aromatic N) is 2. The molecular weight excluding hydrogens is 192 g/mol. The first-order chi connectivity index (χ1) is 7.15. The van der Waals surface area contributed by atoms with Gasteiger partial charge in [0.1, 0.15) is 0 Å². The van der Waals surface area contributed by atoms with Crippen molar-refractivity contribution in [3.8, 4) is 6.07 Å². The summed E-state index contributed by atoms with van der Waals surface area (Å²) in [6.07, 6.45) is 3.62. The van der Waals surface area contributed by atoms with Gasteiger partial charge in [-0.15, -0.1) is 0 Å². The van der Waals surface area contributed by atoms with Crippen molar-refractivity contribution in [2.45, 2.75) is 33.1 Å². The van der Waals surface area contributed by atoms with E-state index in [0.717, 1.165) is 25.9 Å². The molecule has 0 amide bonds. The monoisotopic (exact) mass is 212 g/mol. The molecule has 0 aliphatic carbocycles. The SMILES string of the molecule is CCC.CN1CCC(C#N)CC1.O=C=O. The first-order valence-corrected chi connectivity index (χ1v) is 5.23. The molecule has 15 heavy (non-hydrogen) atoms. The van der Waals surface area contributed by atoms with Crippen LogP contribution >= 0.6 is 0 Å². The van der Waals surface area contributed by atoms with Gasteiger partial charge in [0, 0.05) is 5.92 Å². The van der Waals surface area contributed by atoms with Crippen LogP contribution in [0, 0.1) is 17.2 Å². The molecule has 0 spiro atoms. The van der Waals surface area contributed by atoms with Gasteiger partial charge in [-0.05, 0) is 33.0 Å². The highest BCUT2D eigenvalue weighted by atomic mass is 16.2. The summed E-state index contributed by atoms with van der Waals surface area (Å²) in [5, 5.41) is 8.51. The fraction of sp³-hybridized carbons (Fsp3) is 0.818. The van der Waals surface area contributed by atoms with Crippen LogP contribution in [0.3, 0.4) is 0 Å². The summed E-state index contributed by atoms with van der Waals surface area (Å²) < 4.78 is 0. The molecule has 0 bridgehead atoms. The predicted octanol–water partition coefficient (Wildman–Crippen LogP) is 1.68. The fourth-order valence-corrected chi connectivity index (χ4v) is 1.14. The van der Waals surface area contributed by atoms with Crippen LogP contribution in [0.15, 0.2) is 0 Å². The van der Waals surface area contributed by atoms with Crippen LogP contribution in [-0.2, 0) is 9.59 Å². The zero-order valence-electron chi connectivity index (χ0n) is 9.82. The van der Waals surface area contributed by atoms with Crippen molar-refractivity contribution in [3.05, 3.63) is 0 Å². The molecule has 0 atom stereocenters. The van der Waals surface area contributed by atoms with Crippen LogP contribution < -0.4 is 0 Å². The standard InChI is InChI=1S/C7H12N2.C3H8.CO2/c1-9-4-2-7(6-8)3-5-9;1-3-2;2-1-3/h7H,2-5H2,1H3;3H2,1-2H3;. The normalized spacial score (nSPS) is 15.9. The molecule has 86 valence electrons. The number of hydrogen-bond donors (Lipinski definition) is 0. The van der Waals surface area contributed by atoms with Crippen molar-refractivity contribution in [2.75, 3.05) is 20.1 Å². The maximum absolute atomic E-state index is 8.51. The van der Waals surface area contributed by atoms with Crippen LogP contribution in [0.4, 0.5) is 0 Å². The van der Waals surface area contributed by atoms with Crippen LogP contribution in [0.5, 0.6) is 0 Å². The van der Waals surface area contributed by atoms with Crippen LogP contribution in [0.2, 0.25) is 0 Å². The number of hydrogen-bond acceptors (Lipinski definition) is 4. The summed E-state index contributed by atoms with van der Waals surface area (Å²) in [5.41, 5.74) is 0. The number of carbonyl (C=O) groups excluding carboxylic acids is 2. The summed E-state index contributed by atoms with van der Waals surface area (Å²) in [6, 6.07) is 2.30. The minimum absolute atomic E-state index is 0.250. The average molecular weight is 212 g/mol. The van der Waals surface area contributed by atoms with Gasteiger partial charge in [0.25, 0.3) is 0 Å². The molecule has 0 aromatic carbocycles. The second kappa shape index (κ2) is 12.8. The van der Waals surface area contributed by atoms with E-state index in [-0.39, 0.29) is 6.15 Å². The molecule has 1 fully saturated rings. The molecule has 0 N–H and O–H groups in total. The van der Waals surface area contributed by atoms with Gasteiger partial charge in [-0.3, -0.25) is 0 Å². The van der Waals surface area contributed by atoms with E-state index in [1.54, 1.807) is 0 Å². The zero-order chi connectivity index (χ0) is 12.1. The summed E-state index contributed by atoms with van der Waals surface area (Å²) in [4.78, 5) is 18.5. The van der Waals surface area contributed by atoms with Crippen molar-refractivity contribution in [1.29, 1.82) is 5.26 Å². The first kappa shape index (κ1) is 16.3. The highest BCUT2D eigenvalue weighted by Gasteiger charge is 2.14. The third-order valence-corrected chi connectivity index (χ3v) is 1.90. The summed E-state index contributed by atoms with van der Waals surface area (Å²) in [7, 11) is 2.10. The Balaban J connectivity index is 0. The molecule has 0 aromatic rings. The van der Waals surface area contributed by atoms with Gasteiger partial charge in [-0.25, -0.2) is 0 Å². The summed E-state index contributed by atoms with van der Waals surface area (Å²) >= 11 is 0. The number of likely N-dealkylation sites (tertiary alicyclic amines) is 1. The molecule has 4 nitrogen and oxygen atoms in total. The molecule has 0 unspecified atom stereocenters. The lowest BCUT2D eigenvalue weighted by Gasteiger charge is -2.24. The van der Waals surface area contributed by atoms with Crippen LogP contribution in [0.1, 0.15) is 33.1 Å². The Hall–Kier alpha value is -1.17. The van der Waals surface area contributed by atoms with Crippen molar-refractivity contribution in [3.63, 3.8) is 0 Å². The minimum Gasteiger partial charge on any atom is -0.306 e. The Morgan fingerprint density at radius 3 is 1.87 bits per heavy atom. The van der Waals surface area contributed by atoms with E-state index >= 15 is 0 Å². The third-order valence-electron chi connectivity index (χ3n) is 1.90. The molecule has 1 aliphatic heterocycles. The van der Waals surface area contributed by atoms with Gasteiger partial charge < -0.3 is 4.90 Å². The van der Waals surface area contributed by atoms with E-state index < -0.39 is 0 Å².